The molecule has 1 unspecified atom stereocenters. The third-order valence-corrected chi connectivity index (χ3v) is 2.68. The number of alkyl halides is 3. The number of nitrogens with two attached hydrogens (primary N) is 1. The highest BCUT2D eigenvalue weighted by Crippen LogP contribution is 2.23. The highest BCUT2D eigenvalue weighted by Gasteiger charge is 2.30. The highest BCUT2D eigenvalue weighted by atomic mass is 19.4. The Morgan fingerprint density at radius 1 is 1.32 bits per heavy atom. The number of ketones is 1. The van der Waals surface area contributed by atoms with Gasteiger partial charge in [-0.25, -0.2) is 0 Å². The van der Waals surface area contributed by atoms with Crippen molar-refractivity contribution in [3.63, 3.8) is 0 Å². The minimum Gasteiger partial charge on any atom is -0.406 e. The van der Waals surface area contributed by atoms with Crippen LogP contribution in [0.1, 0.15) is 18.9 Å². The van der Waals surface area contributed by atoms with E-state index in [1.807, 2.05) is 0 Å². The van der Waals surface area contributed by atoms with Crippen molar-refractivity contribution in [1.29, 1.82) is 0 Å². The molecule has 3 nitrogen and oxygen atoms in total. The Bertz CT molecular complexity index is 415. The second-order valence-corrected chi connectivity index (χ2v) is 4.31. The number of rotatable bonds is 6. The van der Waals surface area contributed by atoms with Gasteiger partial charge in [-0.05, 0) is 30.7 Å². The van der Waals surface area contributed by atoms with Crippen LogP contribution in [0.3, 0.4) is 0 Å². The van der Waals surface area contributed by atoms with Gasteiger partial charge >= 0.3 is 6.36 Å². The van der Waals surface area contributed by atoms with E-state index in [2.05, 4.69) is 4.74 Å². The Morgan fingerprint density at radius 3 is 2.37 bits per heavy atom. The minimum absolute atomic E-state index is 0.0231. The normalized spacial score (nSPS) is 13.1. The zero-order chi connectivity index (χ0) is 14.5. The molecular weight excluding hydrogens is 259 g/mol. The van der Waals surface area contributed by atoms with Crippen LogP contribution in [-0.4, -0.2) is 18.7 Å². The fourth-order valence-electron chi connectivity index (χ4n) is 1.60. The van der Waals surface area contributed by atoms with Gasteiger partial charge in [0.05, 0.1) is 0 Å². The second-order valence-electron chi connectivity index (χ2n) is 4.31. The molecule has 1 rings (SSSR count). The molecule has 0 aliphatic rings. The smallest absolute Gasteiger partial charge is 0.406 e. The van der Waals surface area contributed by atoms with Crippen LogP contribution in [0.15, 0.2) is 24.3 Å². The van der Waals surface area contributed by atoms with Gasteiger partial charge in [-0.15, -0.1) is 13.2 Å². The zero-order valence-electron chi connectivity index (χ0n) is 10.5. The SMILES string of the molecule is CC(CCN)C(=O)Cc1ccc(OC(F)(F)F)cc1. The number of ether oxygens (including phenoxy) is 1. The van der Waals surface area contributed by atoms with E-state index in [1.165, 1.54) is 24.3 Å². The first-order chi connectivity index (χ1) is 8.81. The first-order valence-electron chi connectivity index (χ1n) is 5.89. The van der Waals surface area contributed by atoms with Crippen molar-refractivity contribution in [2.45, 2.75) is 26.1 Å². The lowest BCUT2D eigenvalue weighted by molar-refractivity contribution is -0.274. The van der Waals surface area contributed by atoms with E-state index < -0.39 is 6.36 Å². The first kappa shape index (κ1) is 15.5. The van der Waals surface area contributed by atoms with E-state index in [4.69, 9.17) is 5.73 Å². The molecule has 19 heavy (non-hydrogen) atoms. The van der Waals surface area contributed by atoms with Crippen molar-refractivity contribution >= 4 is 5.78 Å². The fraction of sp³-hybridized carbons (Fsp3) is 0.462. The van der Waals surface area contributed by atoms with Crippen LogP contribution in [0.5, 0.6) is 5.75 Å². The Hall–Kier alpha value is -1.56. The fourth-order valence-corrected chi connectivity index (χ4v) is 1.60. The van der Waals surface area contributed by atoms with Crippen LogP contribution >= 0.6 is 0 Å². The van der Waals surface area contributed by atoms with Gasteiger partial charge in [0.15, 0.2) is 0 Å². The molecule has 1 aromatic carbocycles. The van der Waals surface area contributed by atoms with E-state index in [9.17, 15) is 18.0 Å². The summed E-state index contributed by atoms with van der Waals surface area (Å²) >= 11 is 0. The van der Waals surface area contributed by atoms with Gasteiger partial charge in [-0.2, -0.15) is 0 Å². The van der Waals surface area contributed by atoms with E-state index in [1.54, 1.807) is 6.92 Å². The molecule has 1 aromatic rings. The highest BCUT2D eigenvalue weighted by molar-refractivity contribution is 5.82. The molecule has 0 bridgehead atoms. The van der Waals surface area contributed by atoms with Gasteiger partial charge in [0.25, 0.3) is 0 Å². The summed E-state index contributed by atoms with van der Waals surface area (Å²) in [6.07, 6.45) is -3.91. The van der Waals surface area contributed by atoms with Gasteiger partial charge in [0.1, 0.15) is 11.5 Å². The summed E-state index contributed by atoms with van der Waals surface area (Å²) in [6, 6.07) is 5.30. The molecule has 106 valence electrons. The molecular formula is C13H16F3NO2. The molecule has 1 atom stereocenters. The van der Waals surface area contributed by atoms with Gasteiger partial charge < -0.3 is 10.5 Å². The third-order valence-electron chi connectivity index (χ3n) is 2.68. The van der Waals surface area contributed by atoms with Crippen LogP contribution in [0.25, 0.3) is 0 Å². The standard InChI is InChI=1S/C13H16F3NO2/c1-9(6-7-17)12(18)8-10-2-4-11(5-3-10)19-13(14,15)16/h2-5,9H,6-8,17H2,1H3. The lowest BCUT2D eigenvalue weighted by Crippen LogP contribution is -2.18. The molecule has 0 aliphatic heterocycles. The maximum Gasteiger partial charge on any atom is 0.573 e. The summed E-state index contributed by atoms with van der Waals surface area (Å²) in [5.74, 6) is -0.412. The van der Waals surface area contributed by atoms with Crippen molar-refractivity contribution in [1.82, 2.24) is 0 Å². The molecule has 0 spiro atoms. The van der Waals surface area contributed by atoms with E-state index in [0.29, 0.717) is 18.5 Å². The molecule has 0 saturated carbocycles. The number of carbonyl (C=O) groups is 1. The van der Waals surface area contributed by atoms with Crippen LogP contribution in [0.2, 0.25) is 0 Å². The number of carbonyl (C=O) groups excluding carboxylic acids is 1. The number of halogens is 3. The number of benzene rings is 1. The van der Waals surface area contributed by atoms with Gasteiger partial charge in [-0.1, -0.05) is 19.1 Å². The molecule has 0 fully saturated rings. The maximum atomic E-state index is 12.0. The first-order valence-corrected chi connectivity index (χ1v) is 5.89. The summed E-state index contributed by atoms with van der Waals surface area (Å²) in [6.45, 7) is 2.22. The van der Waals surface area contributed by atoms with Crippen molar-refractivity contribution < 1.29 is 22.7 Å². The summed E-state index contributed by atoms with van der Waals surface area (Å²) in [7, 11) is 0. The quantitative estimate of drug-likeness (QED) is 0.868. The summed E-state index contributed by atoms with van der Waals surface area (Å²) in [5, 5.41) is 0. The zero-order valence-corrected chi connectivity index (χ0v) is 10.5. The van der Waals surface area contributed by atoms with Crippen molar-refractivity contribution in [3.8, 4) is 5.75 Å². The van der Waals surface area contributed by atoms with Crippen molar-refractivity contribution in [3.05, 3.63) is 29.8 Å². The van der Waals surface area contributed by atoms with E-state index in [-0.39, 0.29) is 23.9 Å². The Balaban J connectivity index is 2.59. The molecule has 0 saturated heterocycles. The number of Topliss-reactive ketones (excluding diaryl/α,β-unsaturated/α-hetero) is 1. The second kappa shape index (κ2) is 6.56. The molecule has 0 aliphatic carbocycles. The number of hydrogen-bond acceptors (Lipinski definition) is 3. The molecule has 0 aromatic heterocycles. The lowest BCUT2D eigenvalue weighted by atomic mass is 9.97. The summed E-state index contributed by atoms with van der Waals surface area (Å²) in [5.41, 5.74) is 6.02. The van der Waals surface area contributed by atoms with E-state index in [0.717, 1.165) is 0 Å². The van der Waals surface area contributed by atoms with Crippen LogP contribution in [-0.2, 0) is 11.2 Å². The minimum atomic E-state index is -4.70. The molecule has 0 heterocycles. The lowest BCUT2D eigenvalue weighted by Gasteiger charge is -2.10. The van der Waals surface area contributed by atoms with Crippen LogP contribution < -0.4 is 10.5 Å². The Morgan fingerprint density at radius 2 is 1.89 bits per heavy atom. The summed E-state index contributed by atoms with van der Waals surface area (Å²) in [4.78, 5) is 11.7. The predicted octanol–water partition coefficient (Wildman–Crippen LogP) is 2.68. The van der Waals surface area contributed by atoms with E-state index >= 15 is 0 Å². The third kappa shape index (κ3) is 5.74. The molecule has 0 radical (unpaired) electrons. The molecule has 2 N–H and O–H groups in total. The average molecular weight is 275 g/mol. The predicted molar refractivity (Wildman–Crippen MR) is 64.7 cm³/mol. The van der Waals surface area contributed by atoms with Crippen LogP contribution in [0, 0.1) is 5.92 Å². The largest absolute Gasteiger partial charge is 0.573 e. The Kier molecular flexibility index (Phi) is 5.35. The molecule has 0 amide bonds. The Labute approximate surface area is 109 Å². The van der Waals surface area contributed by atoms with Crippen molar-refractivity contribution in [2.24, 2.45) is 11.7 Å². The van der Waals surface area contributed by atoms with Crippen molar-refractivity contribution in [2.75, 3.05) is 6.54 Å². The van der Waals surface area contributed by atoms with Gasteiger partial charge in [0, 0.05) is 12.3 Å². The van der Waals surface area contributed by atoms with Gasteiger partial charge in [-0.3, -0.25) is 4.79 Å². The maximum absolute atomic E-state index is 12.0. The summed E-state index contributed by atoms with van der Waals surface area (Å²) < 4.78 is 39.6. The van der Waals surface area contributed by atoms with Crippen LogP contribution in [0.4, 0.5) is 13.2 Å². The topological polar surface area (TPSA) is 52.3 Å². The molecule has 6 heteroatoms. The average Bonchev–Trinajstić information content (AvgIpc) is 2.30. The van der Waals surface area contributed by atoms with Gasteiger partial charge in [0.2, 0.25) is 0 Å². The monoisotopic (exact) mass is 275 g/mol. The number of hydrogen-bond donors (Lipinski definition) is 1.